The summed E-state index contributed by atoms with van der Waals surface area (Å²) in [7, 11) is 0. The minimum absolute atomic E-state index is 0.0468. The molecule has 0 aliphatic heterocycles. The summed E-state index contributed by atoms with van der Waals surface area (Å²) in [4.78, 5) is 35.3. The first-order valence-corrected chi connectivity index (χ1v) is 11.0. The number of nitrogens with one attached hydrogen (secondary N) is 2. The van der Waals surface area contributed by atoms with Gasteiger partial charge in [-0.25, -0.2) is 9.59 Å². The summed E-state index contributed by atoms with van der Waals surface area (Å²) in [5, 5.41) is 22.7. The van der Waals surface area contributed by atoms with E-state index in [4.69, 9.17) is 14.9 Å². The van der Waals surface area contributed by atoms with E-state index in [0.717, 1.165) is 28.3 Å². The Hall–Kier alpha value is -4.43. The van der Waals surface area contributed by atoms with Gasteiger partial charge in [0.1, 0.15) is 6.61 Å². The molecular formula is C27H24N2O6. The van der Waals surface area contributed by atoms with Crippen LogP contribution in [0.4, 0.5) is 10.5 Å². The van der Waals surface area contributed by atoms with Crippen molar-refractivity contribution in [3.63, 3.8) is 0 Å². The van der Waals surface area contributed by atoms with E-state index in [2.05, 4.69) is 22.8 Å². The first-order valence-electron chi connectivity index (χ1n) is 11.0. The zero-order valence-electron chi connectivity index (χ0n) is 18.7. The van der Waals surface area contributed by atoms with Gasteiger partial charge < -0.3 is 20.3 Å². The monoisotopic (exact) mass is 472 g/mol. The van der Waals surface area contributed by atoms with E-state index < -0.39 is 30.6 Å². The maximum atomic E-state index is 12.5. The van der Waals surface area contributed by atoms with Crippen LogP contribution in [0.5, 0.6) is 0 Å². The summed E-state index contributed by atoms with van der Waals surface area (Å²) in [6.45, 7) is -0.524. The predicted octanol–water partition coefficient (Wildman–Crippen LogP) is 3.62. The number of aliphatic hydroxyl groups is 1. The normalized spacial score (nSPS) is 13.1. The standard InChI is InChI=1S/C27H24N2O6/c30-15-24(26(32)33)29-25(31)13-12-17-6-5-7-18(14-17)28-27(34)35-16-23-21-10-3-1-8-19(21)20-9-2-4-11-22(20)23/h1-14,23-24,30H,15-16H2,(H,28,34)(H,29,31)(H,32,33)/b13-12+. The minimum atomic E-state index is -1.38. The van der Waals surface area contributed by atoms with Crippen molar-refractivity contribution in [3.8, 4) is 11.1 Å². The summed E-state index contributed by atoms with van der Waals surface area (Å²) in [6, 6.07) is 21.5. The molecule has 0 radical (unpaired) electrons. The maximum Gasteiger partial charge on any atom is 0.411 e. The van der Waals surface area contributed by atoms with Gasteiger partial charge in [0.15, 0.2) is 6.04 Å². The van der Waals surface area contributed by atoms with E-state index in [1.165, 1.54) is 6.08 Å². The third-order valence-electron chi connectivity index (χ3n) is 5.70. The molecule has 4 N–H and O–H groups in total. The highest BCUT2D eigenvalue weighted by Crippen LogP contribution is 2.44. The van der Waals surface area contributed by atoms with Crippen molar-refractivity contribution in [2.24, 2.45) is 0 Å². The molecule has 4 rings (SSSR count). The lowest BCUT2D eigenvalue weighted by atomic mass is 9.98. The van der Waals surface area contributed by atoms with Crippen molar-refractivity contribution in [1.82, 2.24) is 5.32 Å². The Morgan fingerprint density at radius 2 is 1.60 bits per heavy atom. The van der Waals surface area contributed by atoms with Crippen LogP contribution >= 0.6 is 0 Å². The lowest BCUT2D eigenvalue weighted by molar-refractivity contribution is -0.142. The van der Waals surface area contributed by atoms with Crippen LogP contribution in [0.1, 0.15) is 22.6 Å². The fourth-order valence-corrected chi connectivity index (χ4v) is 4.05. The van der Waals surface area contributed by atoms with Gasteiger partial charge in [-0.1, -0.05) is 60.7 Å². The smallest absolute Gasteiger partial charge is 0.411 e. The van der Waals surface area contributed by atoms with E-state index in [9.17, 15) is 14.4 Å². The second-order valence-corrected chi connectivity index (χ2v) is 7.99. The Morgan fingerprint density at radius 1 is 0.943 bits per heavy atom. The number of ether oxygens (including phenoxy) is 1. The van der Waals surface area contributed by atoms with E-state index in [1.807, 2.05) is 36.4 Å². The van der Waals surface area contributed by atoms with Crippen LogP contribution in [0.25, 0.3) is 17.2 Å². The molecular weight excluding hydrogens is 448 g/mol. The maximum absolute atomic E-state index is 12.5. The number of carboxylic acid groups (broad SMARTS) is 1. The largest absolute Gasteiger partial charge is 0.480 e. The van der Waals surface area contributed by atoms with Gasteiger partial charge in [0.25, 0.3) is 0 Å². The number of aliphatic hydroxyl groups excluding tert-OH is 1. The highest BCUT2D eigenvalue weighted by molar-refractivity contribution is 5.94. The average molecular weight is 472 g/mol. The molecule has 0 saturated heterocycles. The number of benzene rings is 3. The first-order chi connectivity index (χ1) is 17.0. The van der Waals surface area contributed by atoms with Crippen molar-refractivity contribution < 1.29 is 29.3 Å². The van der Waals surface area contributed by atoms with Gasteiger partial charge in [-0.2, -0.15) is 0 Å². The molecule has 35 heavy (non-hydrogen) atoms. The van der Waals surface area contributed by atoms with Gasteiger partial charge in [0.05, 0.1) is 6.61 Å². The van der Waals surface area contributed by atoms with Gasteiger partial charge in [0.2, 0.25) is 5.91 Å². The van der Waals surface area contributed by atoms with Crippen molar-refractivity contribution in [1.29, 1.82) is 0 Å². The summed E-state index contributed by atoms with van der Waals surface area (Å²) in [6.07, 6.45) is 2.02. The third-order valence-corrected chi connectivity index (χ3v) is 5.70. The van der Waals surface area contributed by atoms with Crippen molar-refractivity contribution in [3.05, 3.63) is 95.6 Å². The molecule has 1 aliphatic rings. The molecule has 178 valence electrons. The van der Waals surface area contributed by atoms with Crippen molar-refractivity contribution in [2.45, 2.75) is 12.0 Å². The zero-order valence-corrected chi connectivity index (χ0v) is 18.7. The quantitative estimate of drug-likeness (QED) is 0.371. The van der Waals surface area contributed by atoms with Crippen LogP contribution in [0.3, 0.4) is 0 Å². The summed E-state index contributed by atoms with van der Waals surface area (Å²) in [5.41, 5.74) is 5.62. The Balaban J connectivity index is 1.36. The summed E-state index contributed by atoms with van der Waals surface area (Å²) < 4.78 is 5.55. The van der Waals surface area contributed by atoms with Crippen LogP contribution in [0.2, 0.25) is 0 Å². The Bertz CT molecular complexity index is 1240. The Labute approximate surface area is 201 Å². The van der Waals surface area contributed by atoms with Crippen LogP contribution in [-0.4, -0.2) is 47.4 Å². The van der Waals surface area contributed by atoms with Gasteiger partial charge in [-0.15, -0.1) is 0 Å². The second-order valence-electron chi connectivity index (χ2n) is 7.99. The number of aliphatic carboxylic acids is 1. The summed E-state index contributed by atoms with van der Waals surface area (Å²) >= 11 is 0. The predicted molar refractivity (Wildman–Crippen MR) is 131 cm³/mol. The average Bonchev–Trinajstić information content (AvgIpc) is 3.18. The second kappa shape index (κ2) is 10.7. The molecule has 3 aromatic rings. The van der Waals surface area contributed by atoms with Crippen molar-refractivity contribution in [2.75, 3.05) is 18.5 Å². The number of carbonyl (C=O) groups is 3. The lowest BCUT2D eigenvalue weighted by Crippen LogP contribution is -2.42. The van der Waals surface area contributed by atoms with E-state index in [0.29, 0.717) is 11.3 Å². The molecule has 0 saturated carbocycles. The van der Waals surface area contributed by atoms with Crippen LogP contribution in [0, 0.1) is 0 Å². The zero-order chi connectivity index (χ0) is 24.8. The molecule has 0 spiro atoms. The number of fused-ring (bicyclic) bond motifs is 3. The van der Waals surface area contributed by atoms with Crippen LogP contribution < -0.4 is 10.6 Å². The Morgan fingerprint density at radius 3 is 2.23 bits per heavy atom. The first kappa shape index (κ1) is 23.7. The van der Waals surface area contributed by atoms with Crippen molar-refractivity contribution >= 4 is 29.7 Å². The number of anilines is 1. The number of rotatable bonds is 8. The molecule has 1 atom stereocenters. The molecule has 1 unspecified atom stereocenters. The molecule has 0 aromatic heterocycles. The topological polar surface area (TPSA) is 125 Å². The number of hydrogen-bond acceptors (Lipinski definition) is 5. The van der Waals surface area contributed by atoms with Gasteiger partial charge in [-0.05, 0) is 46.0 Å². The fourth-order valence-electron chi connectivity index (χ4n) is 4.05. The van der Waals surface area contributed by atoms with Gasteiger partial charge in [-0.3, -0.25) is 10.1 Å². The SMILES string of the molecule is O=C(/C=C/c1cccc(NC(=O)OCC2c3ccccc3-c3ccccc32)c1)NC(CO)C(=O)O. The molecule has 1 aliphatic carbocycles. The summed E-state index contributed by atoms with van der Waals surface area (Å²) in [5.74, 6) is -2.04. The molecule has 3 aromatic carbocycles. The number of amides is 2. The lowest BCUT2D eigenvalue weighted by Gasteiger charge is -2.14. The highest BCUT2D eigenvalue weighted by Gasteiger charge is 2.29. The molecule has 2 amide bonds. The molecule has 0 bridgehead atoms. The van der Waals surface area contributed by atoms with Crippen LogP contribution in [-0.2, 0) is 14.3 Å². The van der Waals surface area contributed by atoms with Gasteiger partial charge >= 0.3 is 12.1 Å². The highest BCUT2D eigenvalue weighted by atomic mass is 16.5. The van der Waals surface area contributed by atoms with Crippen LogP contribution in [0.15, 0.2) is 78.9 Å². The number of carboxylic acids is 1. The molecule has 8 heteroatoms. The third kappa shape index (κ3) is 5.56. The molecule has 8 nitrogen and oxygen atoms in total. The van der Waals surface area contributed by atoms with Gasteiger partial charge in [0, 0.05) is 17.7 Å². The number of hydrogen-bond donors (Lipinski definition) is 4. The van der Waals surface area contributed by atoms with E-state index >= 15 is 0 Å². The Kier molecular flexibility index (Phi) is 7.23. The fraction of sp³-hybridized carbons (Fsp3) is 0.148. The molecule has 0 fully saturated rings. The van der Waals surface area contributed by atoms with E-state index in [-0.39, 0.29) is 12.5 Å². The molecule has 0 heterocycles. The number of carbonyl (C=O) groups excluding carboxylic acids is 2. The van der Waals surface area contributed by atoms with E-state index in [1.54, 1.807) is 24.3 Å². The minimum Gasteiger partial charge on any atom is -0.480 e.